The molecule has 1 aliphatic heterocycles. The van der Waals surface area contributed by atoms with Gasteiger partial charge in [0.2, 0.25) is 0 Å². The number of nitrogens with zero attached hydrogens (tertiary/aromatic N) is 9. The van der Waals surface area contributed by atoms with Gasteiger partial charge in [-0.1, -0.05) is 28.0 Å². The molecule has 4 aromatic heterocycles. The van der Waals surface area contributed by atoms with Crippen LogP contribution in [-0.2, 0) is 7.05 Å². The Morgan fingerprint density at radius 3 is 2.68 bits per heavy atom. The molecule has 0 radical (unpaired) electrons. The molecule has 7 rings (SSSR count). The maximum Gasteiger partial charge on any atom is 0.346 e. The Balaban J connectivity index is 1.33. The molecule has 1 aliphatic rings. The van der Waals surface area contributed by atoms with Gasteiger partial charge in [0.1, 0.15) is 5.69 Å². The molecule has 13 heteroatoms. The van der Waals surface area contributed by atoms with E-state index in [4.69, 9.17) is 16.7 Å². The lowest BCUT2D eigenvalue weighted by atomic mass is 9.94. The fraction of sp³-hybridized carbons (Fsp3) is 0.286. The number of aryl methyl sites for hydroxylation is 2. The summed E-state index contributed by atoms with van der Waals surface area (Å²) in [6.45, 7) is 5.01. The number of fused-ring (bicyclic) bond motifs is 2. The highest BCUT2D eigenvalue weighted by Crippen LogP contribution is 2.44. The van der Waals surface area contributed by atoms with Crippen molar-refractivity contribution in [2.75, 3.05) is 13.1 Å². The molecule has 41 heavy (non-hydrogen) atoms. The number of likely N-dealkylation sites (tertiary alicyclic amines) is 1. The number of carbonyl (C=O) groups excluding carboxylic acids is 1. The maximum atomic E-state index is 13.3. The molecule has 6 aromatic rings. The standard InChI is InChI=1S/C28H26ClFN10O/c1-15-10-21-20(13-31-33-21)25(26(15)29)24-16(2)40(35-27(24)17-4-5-22-18(11-17)12-32-37(22)3)19-6-8-38(9-7-19)28(41)39-14-23(30)34-36-39/h4-5,10-14,19H,6-9H2,1-3H3,(H,31,33). The number of H-pyrrole nitrogens is 1. The quantitative estimate of drug-likeness (QED) is 0.308. The zero-order valence-corrected chi connectivity index (χ0v) is 23.4. The Morgan fingerprint density at radius 1 is 1.12 bits per heavy atom. The monoisotopic (exact) mass is 572 g/mol. The number of amides is 1. The van der Waals surface area contributed by atoms with Crippen LogP contribution < -0.4 is 0 Å². The SMILES string of the molecule is Cc1cc2[nH]ncc2c(-c2c(-c3ccc4c(cnn4C)c3)nn(C3CCN(C(=O)n4cc(F)nn4)CC3)c2C)c1Cl. The lowest BCUT2D eigenvalue weighted by molar-refractivity contribution is 0.166. The van der Waals surface area contributed by atoms with E-state index in [0.717, 1.165) is 66.3 Å². The summed E-state index contributed by atoms with van der Waals surface area (Å²) in [5.41, 5.74) is 7.46. The van der Waals surface area contributed by atoms with Crippen LogP contribution in [0.2, 0.25) is 5.02 Å². The summed E-state index contributed by atoms with van der Waals surface area (Å²) in [4.78, 5) is 14.5. The molecule has 5 heterocycles. The van der Waals surface area contributed by atoms with E-state index in [1.54, 1.807) is 11.1 Å². The van der Waals surface area contributed by atoms with E-state index in [2.05, 4.69) is 55.4 Å². The number of rotatable bonds is 3. The molecule has 0 spiro atoms. The Bertz CT molecular complexity index is 1960. The first kappa shape index (κ1) is 25.4. The number of piperidine rings is 1. The van der Waals surface area contributed by atoms with Crippen LogP contribution in [0.4, 0.5) is 9.18 Å². The first-order valence-electron chi connectivity index (χ1n) is 13.3. The van der Waals surface area contributed by atoms with E-state index < -0.39 is 12.0 Å². The van der Waals surface area contributed by atoms with Gasteiger partial charge in [0.15, 0.2) is 0 Å². The van der Waals surface area contributed by atoms with Crippen molar-refractivity contribution in [3.05, 3.63) is 65.1 Å². The van der Waals surface area contributed by atoms with E-state index in [9.17, 15) is 9.18 Å². The molecular weight excluding hydrogens is 547 g/mol. The number of hydrogen-bond donors (Lipinski definition) is 1. The van der Waals surface area contributed by atoms with Crippen molar-refractivity contribution in [3.63, 3.8) is 0 Å². The van der Waals surface area contributed by atoms with Crippen LogP contribution >= 0.6 is 11.6 Å². The Morgan fingerprint density at radius 2 is 1.93 bits per heavy atom. The smallest absolute Gasteiger partial charge is 0.323 e. The van der Waals surface area contributed by atoms with E-state index in [0.29, 0.717) is 31.0 Å². The van der Waals surface area contributed by atoms with Crippen molar-refractivity contribution in [1.82, 2.24) is 49.7 Å². The third-order valence-electron chi connectivity index (χ3n) is 8.03. The molecule has 1 N–H and O–H groups in total. The number of halogens is 2. The first-order valence-corrected chi connectivity index (χ1v) is 13.7. The van der Waals surface area contributed by atoms with E-state index in [-0.39, 0.29) is 6.04 Å². The summed E-state index contributed by atoms with van der Waals surface area (Å²) in [6, 6.07) is 7.88. The van der Waals surface area contributed by atoms with Crippen molar-refractivity contribution in [1.29, 1.82) is 0 Å². The van der Waals surface area contributed by atoms with Gasteiger partial charge in [-0.25, -0.2) is 4.79 Å². The molecule has 0 aliphatic carbocycles. The number of nitrogens with one attached hydrogen (secondary N) is 1. The second-order valence-corrected chi connectivity index (χ2v) is 10.9. The van der Waals surface area contributed by atoms with Crippen LogP contribution in [0.3, 0.4) is 0 Å². The molecule has 1 saturated heterocycles. The van der Waals surface area contributed by atoms with Crippen molar-refractivity contribution < 1.29 is 9.18 Å². The lowest BCUT2D eigenvalue weighted by Gasteiger charge is -2.32. The molecule has 0 unspecified atom stereocenters. The average molecular weight is 573 g/mol. The van der Waals surface area contributed by atoms with Crippen molar-refractivity contribution >= 4 is 39.4 Å². The molecule has 0 atom stereocenters. The Kier molecular flexibility index (Phi) is 5.89. The molecular formula is C28H26ClFN10O. The highest BCUT2D eigenvalue weighted by atomic mass is 35.5. The van der Waals surface area contributed by atoms with Gasteiger partial charge in [-0.15, -0.1) is 0 Å². The molecule has 1 fully saturated rings. The predicted molar refractivity (Wildman–Crippen MR) is 152 cm³/mol. The summed E-state index contributed by atoms with van der Waals surface area (Å²) in [5, 5.41) is 26.5. The Labute approximate surface area is 238 Å². The van der Waals surface area contributed by atoms with E-state index in [1.165, 1.54) is 0 Å². The lowest BCUT2D eigenvalue weighted by Crippen LogP contribution is -2.41. The molecule has 2 aromatic carbocycles. The average Bonchev–Trinajstić information content (AvgIpc) is 3.77. The largest absolute Gasteiger partial charge is 0.346 e. The van der Waals surface area contributed by atoms with Crippen molar-refractivity contribution in [2.45, 2.75) is 32.7 Å². The van der Waals surface area contributed by atoms with Crippen LogP contribution in [0.5, 0.6) is 0 Å². The fourth-order valence-corrected chi connectivity index (χ4v) is 6.17. The third kappa shape index (κ3) is 4.08. The minimum absolute atomic E-state index is 0.0459. The topological polar surface area (TPSA) is 115 Å². The highest BCUT2D eigenvalue weighted by Gasteiger charge is 2.30. The number of carbonyl (C=O) groups is 1. The molecule has 0 bridgehead atoms. The second kappa shape index (κ2) is 9.51. The van der Waals surface area contributed by atoms with Crippen molar-refractivity contribution in [2.24, 2.45) is 7.05 Å². The molecule has 208 valence electrons. The highest BCUT2D eigenvalue weighted by molar-refractivity contribution is 6.36. The van der Waals surface area contributed by atoms with Gasteiger partial charge >= 0.3 is 6.03 Å². The molecule has 0 saturated carbocycles. The normalized spacial score (nSPS) is 14.5. The van der Waals surface area contributed by atoms with E-state index >= 15 is 0 Å². The summed E-state index contributed by atoms with van der Waals surface area (Å²) in [7, 11) is 1.92. The van der Waals surface area contributed by atoms with Gasteiger partial charge in [-0.2, -0.15) is 24.4 Å². The predicted octanol–water partition coefficient (Wildman–Crippen LogP) is 5.29. The van der Waals surface area contributed by atoms with Crippen LogP contribution in [-0.4, -0.2) is 68.8 Å². The van der Waals surface area contributed by atoms with Gasteiger partial charge in [-0.3, -0.25) is 14.5 Å². The van der Waals surface area contributed by atoms with Gasteiger partial charge in [0.05, 0.1) is 40.7 Å². The third-order valence-corrected chi connectivity index (χ3v) is 8.51. The summed E-state index contributed by atoms with van der Waals surface area (Å²) >= 11 is 7.03. The summed E-state index contributed by atoms with van der Waals surface area (Å²) < 4.78 is 18.2. The summed E-state index contributed by atoms with van der Waals surface area (Å²) in [5.74, 6) is -0.786. The Hall–Kier alpha value is -4.58. The van der Waals surface area contributed by atoms with Crippen LogP contribution in [0, 0.1) is 19.8 Å². The number of aromatic nitrogens is 9. The first-order chi connectivity index (χ1) is 19.8. The van der Waals surface area contributed by atoms with E-state index in [1.807, 2.05) is 30.9 Å². The van der Waals surface area contributed by atoms with Gasteiger partial charge in [-0.05, 0) is 50.5 Å². The van der Waals surface area contributed by atoms with Gasteiger partial charge in [0, 0.05) is 53.3 Å². The maximum absolute atomic E-state index is 13.3. The van der Waals surface area contributed by atoms with Crippen LogP contribution in [0.1, 0.15) is 30.1 Å². The van der Waals surface area contributed by atoms with Crippen LogP contribution in [0.15, 0.2) is 42.9 Å². The van der Waals surface area contributed by atoms with Crippen LogP contribution in [0.25, 0.3) is 44.2 Å². The zero-order chi connectivity index (χ0) is 28.4. The number of aromatic amines is 1. The second-order valence-electron chi connectivity index (χ2n) is 10.5. The van der Waals surface area contributed by atoms with Crippen molar-refractivity contribution in [3.8, 4) is 22.4 Å². The minimum Gasteiger partial charge on any atom is -0.323 e. The zero-order valence-electron chi connectivity index (χ0n) is 22.6. The number of benzene rings is 2. The number of hydrogen-bond acceptors (Lipinski definition) is 6. The fourth-order valence-electron chi connectivity index (χ4n) is 5.92. The summed E-state index contributed by atoms with van der Waals surface area (Å²) in [6.07, 6.45) is 6.00. The molecule has 1 amide bonds. The van der Waals surface area contributed by atoms with Gasteiger partial charge in [0.25, 0.3) is 5.95 Å². The molecule has 11 nitrogen and oxygen atoms in total. The van der Waals surface area contributed by atoms with Gasteiger partial charge < -0.3 is 4.90 Å². The minimum atomic E-state index is -0.786.